The maximum atomic E-state index is 13.0. The number of fused-ring (bicyclic) bond motifs is 1. The predicted molar refractivity (Wildman–Crippen MR) is 124 cm³/mol. The van der Waals surface area contributed by atoms with Gasteiger partial charge in [0.1, 0.15) is 29.6 Å². The van der Waals surface area contributed by atoms with E-state index in [1.807, 2.05) is 25.1 Å². The Bertz CT molecular complexity index is 1220. The molecule has 164 valence electrons. The molecule has 4 rings (SSSR count). The molecule has 0 saturated carbocycles. The van der Waals surface area contributed by atoms with Gasteiger partial charge in [-0.3, -0.25) is 4.79 Å². The lowest BCUT2D eigenvalue weighted by atomic mass is 10.0. The van der Waals surface area contributed by atoms with E-state index in [9.17, 15) is 4.79 Å². The van der Waals surface area contributed by atoms with Gasteiger partial charge in [0, 0.05) is 17.7 Å². The molecule has 0 radical (unpaired) electrons. The van der Waals surface area contributed by atoms with E-state index in [0.717, 1.165) is 16.7 Å². The minimum absolute atomic E-state index is 0.156. The van der Waals surface area contributed by atoms with Crippen LogP contribution in [0.25, 0.3) is 6.08 Å². The van der Waals surface area contributed by atoms with Crippen LogP contribution in [-0.4, -0.2) is 20.0 Å². The highest BCUT2D eigenvalue weighted by atomic mass is 16.5. The number of hydrogen-bond acceptors (Lipinski definition) is 5. The highest BCUT2D eigenvalue weighted by molar-refractivity contribution is 6.15. The predicted octanol–water partition coefficient (Wildman–Crippen LogP) is 5.82. The molecule has 0 spiro atoms. The topological polar surface area (TPSA) is 54.0 Å². The van der Waals surface area contributed by atoms with Crippen LogP contribution < -0.4 is 18.9 Å². The Balaban J connectivity index is 1.59. The summed E-state index contributed by atoms with van der Waals surface area (Å²) in [5.41, 5.74) is 5.60. The van der Waals surface area contributed by atoms with Gasteiger partial charge in [0.15, 0.2) is 5.76 Å². The van der Waals surface area contributed by atoms with Gasteiger partial charge in [-0.05, 0) is 61.7 Å². The Kier molecular flexibility index (Phi) is 5.91. The van der Waals surface area contributed by atoms with Crippen molar-refractivity contribution in [3.63, 3.8) is 0 Å². The minimum atomic E-state index is -0.156. The summed E-state index contributed by atoms with van der Waals surface area (Å²) in [7, 11) is 3.17. The van der Waals surface area contributed by atoms with E-state index in [0.29, 0.717) is 35.2 Å². The third-order valence-electron chi connectivity index (χ3n) is 5.57. The molecule has 0 aromatic heterocycles. The van der Waals surface area contributed by atoms with Gasteiger partial charge in [-0.15, -0.1) is 0 Å². The van der Waals surface area contributed by atoms with Crippen LogP contribution in [0.2, 0.25) is 0 Å². The fourth-order valence-corrected chi connectivity index (χ4v) is 3.76. The zero-order valence-electron chi connectivity index (χ0n) is 18.9. The molecule has 0 bridgehead atoms. The Labute approximate surface area is 188 Å². The number of carbonyl (C=O) groups excluding carboxylic acids is 1. The Morgan fingerprint density at radius 1 is 0.875 bits per heavy atom. The zero-order valence-corrected chi connectivity index (χ0v) is 18.9. The average Bonchev–Trinajstić information content (AvgIpc) is 3.10. The van der Waals surface area contributed by atoms with Gasteiger partial charge in [0.05, 0.1) is 19.8 Å². The van der Waals surface area contributed by atoms with Crippen molar-refractivity contribution in [2.45, 2.75) is 27.4 Å². The van der Waals surface area contributed by atoms with E-state index in [2.05, 4.69) is 32.0 Å². The second kappa shape index (κ2) is 8.79. The monoisotopic (exact) mass is 430 g/mol. The number of allylic oxidation sites excluding steroid dienone is 1. The first-order valence-electron chi connectivity index (χ1n) is 10.4. The number of aryl methyl sites for hydroxylation is 3. The van der Waals surface area contributed by atoms with Crippen LogP contribution in [0, 0.1) is 20.8 Å². The van der Waals surface area contributed by atoms with Gasteiger partial charge in [-0.1, -0.05) is 23.8 Å². The first-order valence-corrected chi connectivity index (χ1v) is 10.4. The molecule has 0 aliphatic carbocycles. The number of methoxy groups -OCH3 is 2. The molecule has 32 heavy (non-hydrogen) atoms. The van der Waals surface area contributed by atoms with Crippen molar-refractivity contribution in [1.82, 2.24) is 0 Å². The molecule has 1 aliphatic heterocycles. The Morgan fingerprint density at radius 2 is 1.69 bits per heavy atom. The highest BCUT2D eigenvalue weighted by Gasteiger charge is 2.30. The van der Waals surface area contributed by atoms with Gasteiger partial charge in [-0.25, -0.2) is 0 Å². The van der Waals surface area contributed by atoms with Crippen molar-refractivity contribution in [2.24, 2.45) is 0 Å². The highest BCUT2D eigenvalue weighted by Crippen LogP contribution is 2.38. The lowest BCUT2D eigenvalue weighted by molar-refractivity contribution is 0.101. The summed E-state index contributed by atoms with van der Waals surface area (Å²) in [5.74, 6) is 2.53. The molecule has 0 fully saturated rings. The van der Waals surface area contributed by atoms with E-state index in [4.69, 9.17) is 18.9 Å². The molecule has 0 amide bonds. The zero-order chi connectivity index (χ0) is 22.8. The second-order valence-corrected chi connectivity index (χ2v) is 7.88. The molecule has 0 N–H and O–H groups in total. The van der Waals surface area contributed by atoms with Crippen molar-refractivity contribution in [1.29, 1.82) is 0 Å². The summed E-state index contributed by atoms with van der Waals surface area (Å²) in [6.45, 7) is 6.47. The lowest BCUT2D eigenvalue weighted by Crippen LogP contribution is -2.01. The summed E-state index contributed by atoms with van der Waals surface area (Å²) < 4.78 is 22.7. The molecular weight excluding hydrogens is 404 g/mol. The minimum Gasteiger partial charge on any atom is -0.497 e. The van der Waals surface area contributed by atoms with Crippen molar-refractivity contribution in [3.8, 4) is 23.0 Å². The fraction of sp³-hybridized carbons (Fsp3) is 0.222. The van der Waals surface area contributed by atoms with Gasteiger partial charge in [0.25, 0.3) is 0 Å². The first kappa shape index (κ1) is 21.5. The maximum Gasteiger partial charge on any atom is 0.232 e. The van der Waals surface area contributed by atoms with E-state index < -0.39 is 0 Å². The number of benzene rings is 3. The number of rotatable bonds is 6. The van der Waals surface area contributed by atoms with Crippen molar-refractivity contribution in [2.75, 3.05) is 14.2 Å². The molecule has 3 aromatic carbocycles. The van der Waals surface area contributed by atoms with Crippen LogP contribution in [0.4, 0.5) is 0 Å². The average molecular weight is 431 g/mol. The molecule has 0 unspecified atom stereocenters. The third kappa shape index (κ3) is 4.19. The van der Waals surface area contributed by atoms with Crippen molar-refractivity contribution in [3.05, 3.63) is 87.7 Å². The summed E-state index contributed by atoms with van der Waals surface area (Å²) in [4.78, 5) is 13.0. The van der Waals surface area contributed by atoms with Gasteiger partial charge in [0.2, 0.25) is 5.78 Å². The molecule has 1 aliphatic rings. The number of ketones is 1. The van der Waals surface area contributed by atoms with Crippen LogP contribution in [0.15, 0.2) is 54.3 Å². The van der Waals surface area contributed by atoms with Crippen molar-refractivity contribution < 1.29 is 23.7 Å². The number of ether oxygens (including phenoxy) is 4. The maximum absolute atomic E-state index is 13.0. The van der Waals surface area contributed by atoms with E-state index in [-0.39, 0.29) is 11.5 Å². The normalized spacial score (nSPS) is 13.7. The Morgan fingerprint density at radius 3 is 2.44 bits per heavy atom. The molecule has 5 heteroatoms. The van der Waals surface area contributed by atoms with E-state index >= 15 is 0 Å². The molecule has 1 heterocycles. The quantitative estimate of drug-likeness (QED) is 0.461. The lowest BCUT2D eigenvalue weighted by Gasteiger charge is -2.11. The third-order valence-corrected chi connectivity index (χ3v) is 5.57. The summed E-state index contributed by atoms with van der Waals surface area (Å²) in [6.07, 6.45) is 1.69. The van der Waals surface area contributed by atoms with Crippen molar-refractivity contribution >= 4 is 11.9 Å². The van der Waals surface area contributed by atoms with Crippen LogP contribution in [-0.2, 0) is 6.61 Å². The standard InChI is InChI=1S/C27H26O5/c1-16-6-7-17(2)20(10-16)15-31-22-11-18(3)26-24(14-22)32-25(27(26)28)12-19-8-9-21(29-4)13-23(19)30-5/h6-14H,15H2,1-5H3/b25-12-. The largest absolute Gasteiger partial charge is 0.497 e. The molecule has 5 nitrogen and oxygen atoms in total. The van der Waals surface area contributed by atoms with Gasteiger partial charge >= 0.3 is 0 Å². The van der Waals surface area contributed by atoms with Crippen LogP contribution in [0.1, 0.15) is 38.2 Å². The molecule has 3 aromatic rings. The summed E-state index contributed by atoms with van der Waals surface area (Å²) in [5, 5.41) is 0. The summed E-state index contributed by atoms with van der Waals surface area (Å²) in [6, 6.07) is 15.4. The number of carbonyl (C=O) groups is 1. The van der Waals surface area contributed by atoms with E-state index in [1.54, 1.807) is 32.4 Å². The van der Waals surface area contributed by atoms with Crippen LogP contribution in [0.3, 0.4) is 0 Å². The first-order chi connectivity index (χ1) is 15.4. The fourth-order valence-electron chi connectivity index (χ4n) is 3.76. The second-order valence-electron chi connectivity index (χ2n) is 7.88. The number of Topliss-reactive ketones (excluding diaryl/α,β-unsaturated/α-hetero) is 1. The van der Waals surface area contributed by atoms with Crippen LogP contribution >= 0.6 is 0 Å². The van der Waals surface area contributed by atoms with Crippen LogP contribution in [0.5, 0.6) is 23.0 Å². The van der Waals surface area contributed by atoms with Gasteiger partial charge < -0.3 is 18.9 Å². The molecule has 0 atom stereocenters. The molecule has 0 saturated heterocycles. The SMILES string of the molecule is COc1ccc(/C=C2\Oc3cc(OCc4cc(C)ccc4C)cc(C)c3C2=O)c(OC)c1. The summed E-state index contributed by atoms with van der Waals surface area (Å²) >= 11 is 0. The Hall–Kier alpha value is -3.73. The number of hydrogen-bond donors (Lipinski definition) is 0. The smallest absolute Gasteiger partial charge is 0.232 e. The molecular formula is C27H26O5. The van der Waals surface area contributed by atoms with Gasteiger partial charge in [-0.2, -0.15) is 0 Å². The van der Waals surface area contributed by atoms with E-state index in [1.165, 1.54) is 11.1 Å².